The van der Waals surface area contributed by atoms with Crippen molar-refractivity contribution in [1.29, 1.82) is 0 Å². The first-order valence-corrected chi connectivity index (χ1v) is 20.9. The van der Waals surface area contributed by atoms with E-state index in [4.69, 9.17) is 4.84 Å². The Bertz CT molecular complexity index is 2000. The van der Waals surface area contributed by atoms with Crippen molar-refractivity contribution in [3.8, 4) is 0 Å². The number of imide groups is 1. The first-order valence-electron chi connectivity index (χ1n) is 20.9. The highest BCUT2D eigenvalue weighted by Crippen LogP contribution is 2.39. The molecule has 0 aliphatic carbocycles. The van der Waals surface area contributed by atoms with E-state index in [9.17, 15) is 24.0 Å². The molecule has 0 bridgehead atoms. The zero-order valence-corrected chi connectivity index (χ0v) is 35.8. The van der Waals surface area contributed by atoms with E-state index in [-0.39, 0.29) is 44.6 Å². The van der Waals surface area contributed by atoms with Crippen LogP contribution in [0.5, 0.6) is 0 Å². The zero-order chi connectivity index (χ0) is 43.1. The molecule has 0 radical (unpaired) electrons. The normalized spacial score (nSPS) is 16.7. The van der Waals surface area contributed by atoms with Crippen LogP contribution in [0, 0.1) is 6.92 Å². The third-order valence-electron chi connectivity index (χ3n) is 10.9. The molecule has 59 heavy (non-hydrogen) atoms. The molecule has 4 heterocycles. The molecule has 13 nitrogen and oxygen atoms in total. The summed E-state index contributed by atoms with van der Waals surface area (Å²) in [6.45, 7) is -0.504. The average molecular weight is 822 g/mol. The number of aryl methyl sites for hydroxylation is 2. The van der Waals surface area contributed by atoms with Gasteiger partial charge in [-0.25, -0.2) is 4.79 Å². The van der Waals surface area contributed by atoms with Crippen molar-refractivity contribution < 1.29 is 50.9 Å². The van der Waals surface area contributed by atoms with Gasteiger partial charge in [-0.15, -0.1) is 5.06 Å². The number of carbonyl (C=O) groups excluding carboxylic acids is 5. The molecule has 1 unspecified atom stereocenters. The molecule has 0 spiro atoms. The summed E-state index contributed by atoms with van der Waals surface area (Å²) in [5.74, 6) is -2.59. The van der Waals surface area contributed by atoms with Gasteiger partial charge < -0.3 is 42.0 Å². The van der Waals surface area contributed by atoms with Gasteiger partial charge >= 0.3 is 12.9 Å². The Morgan fingerprint density at radius 1 is 0.864 bits per heavy atom. The molecule has 1 saturated heterocycles. The molecule has 1 atom stereocenters. The summed E-state index contributed by atoms with van der Waals surface area (Å²) in [6, 6.07) is 10.2. The molecule has 1 fully saturated rings. The maximum absolute atomic E-state index is 17.1. The monoisotopic (exact) mass is 821 g/mol. The van der Waals surface area contributed by atoms with Gasteiger partial charge in [-0.3, -0.25) is 19.2 Å². The van der Waals surface area contributed by atoms with Crippen LogP contribution >= 0.6 is 0 Å². The van der Waals surface area contributed by atoms with Crippen LogP contribution in [0.25, 0.3) is 6.08 Å². The molecule has 2 aromatic rings. The van der Waals surface area contributed by atoms with Crippen molar-refractivity contribution in [3.63, 3.8) is 0 Å². The van der Waals surface area contributed by atoms with E-state index in [1.54, 1.807) is 6.07 Å². The largest absolute Gasteiger partial charge is 0.737 e. The Labute approximate surface area is 346 Å². The van der Waals surface area contributed by atoms with Crippen molar-refractivity contribution in [2.24, 2.45) is 0 Å². The SMILES string of the molecule is Cc1cc(CCC(=O)NC(CCCC[N+](C)(C)C)C(=O)NCCCCC(=O)ON2C(=O)CCC2=O)n2c1C=C1C(CCC[N+](C)(C)C)=CC(c3ccccc3)=[N+]1[B-]2(F)F. The van der Waals surface area contributed by atoms with E-state index >= 15 is 8.63 Å². The van der Waals surface area contributed by atoms with E-state index in [0.29, 0.717) is 71.1 Å². The van der Waals surface area contributed by atoms with Gasteiger partial charge in [0.15, 0.2) is 11.4 Å². The minimum atomic E-state index is -4.33. The standard InChI is InChI=1S/C43H60BF2N7O6/c1-31-28-34(49-36(31)30-38-33(18-15-27-53(5,6)7)29-37(50(38)44(49,45)46)32-16-9-8-10-17-32)21-22-39(54)48-35(19-12-14-26-52(2,3)4)43(58)47-25-13-11-20-42(57)59-51-40(55)23-24-41(51)56/h8-10,16-17,28-30,35H,11-15,18-27H2,1-7H3/p+2. The van der Waals surface area contributed by atoms with Gasteiger partial charge in [0.05, 0.1) is 55.4 Å². The number of carbonyl (C=O) groups is 5. The number of hydrogen-bond donors (Lipinski definition) is 2. The number of rotatable bonds is 21. The van der Waals surface area contributed by atoms with E-state index < -0.39 is 36.7 Å². The number of hydroxylamine groups is 2. The molecule has 5 rings (SSSR count). The number of halogens is 2. The van der Waals surface area contributed by atoms with Gasteiger partial charge in [0.25, 0.3) is 11.8 Å². The number of nitrogens with zero attached hydrogens (tertiary/aromatic N) is 5. The molecular weight excluding hydrogens is 759 g/mol. The third kappa shape index (κ3) is 11.8. The molecular formula is C43H62BF2N7O6+2. The number of unbranched alkanes of at least 4 members (excludes halogenated alkanes) is 2. The van der Waals surface area contributed by atoms with E-state index in [2.05, 4.69) is 52.9 Å². The van der Waals surface area contributed by atoms with Gasteiger partial charge in [-0.2, -0.15) is 0 Å². The van der Waals surface area contributed by atoms with E-state index in [1.807, 2.05) is 49.4 Å². The number of amides is 4. The number of benzene rings is 1. The van der Waals surface area contributed by atoms with Crippen LogP contribution < -0.4 is 10.6 Å². The Morgan fingerprint density at radius 2 is 1.53 bits per heavy atom. The lowest BCUT2D eigenvalue weighted by atomic mass is 9.88. The van der Waals surface area contributed by atoms with Gasteiger partial charge in [0.2, 0.25) is 11.8 Å². The van der Waals surface area contributed by atoms with E-state index in [0.717, 1.165) is 44.9 Å². The lowest BCUT2D eigenvalue weighted by Gasteiger charge is -2.32. The second-order valence-electron chi connectivity index (χ2n) is 18.0. The van der Waals surface area contributed by atoms with Crippen LogP contribution in [-0.2, 0) is 35.2 Å². The second kappa shape index (κ2) is 19.0. The first-order chi connectivity index (χ1) is 27.7. The molecule has 320 valence electrons. The van der Waals surface area contributed by atoms with Crippen molar-refractivity contribution in [1.82, 2.24) is 20.2 Å². The fourth-order valence-electron chi connectivity index (χ4n) is 7.84. The highest BCUT2D eigenvalue weighted by molar-refractivity contribution is 6.58. The van der Waals surface area contributed by atoms with Crippen molar-refractivity contribution >= 4 is 48.4 Å². The van der Waals surface area contributed by atoms with Gasteiger partial charge in [-0.1, -0.05) is 18.2 Å². The van der Waals surface area contributed by atoms with Gasteiger partial charge in [0, 0.05) is 67.6 Å². The zero-order valence-electron chi connectivity index (χ0n) is 35.8. The summed E-state index contributed by atoms with van der Waals surface area (Å²) >= 11 is 0. The van der Waals surface area contributed by atoms with Crippen molar-refractivity contribution in [2.45, 2.75) is 90.0 Å². The Morgan fingerprint density at radius 3 is 2.19 bits per heavy atom. The highest BCUT2D eigenvalue weighted by Gasteiger charge is 2.54. The Balaban J connectivity index is 1.25. The van der Waals surface area contributed by atoms with Crippen LogP contribution in [0.3, 0.4) is 0 Å². The number of fused-ring (bicyclic) bond motifs is 2. The number of hydrogen-bond acceptors (Lipinski definition) is 6. The Hall–Kier alpha value is -4.96. The van der Waals surface area contributed by atoms with Crippen molar-refractivity contribution in [2.75, 3.05) is 61.9 Å². The van der Waals surface area contributed by atoms with Crippen LogP contribution in [0.2, 0.25) is 0 Å². The molecule has 1 aromatic heterocycles. The summed E-state index contributed by atoms with van der Waals surface area (Å²) in [5.41, 5.74) is 4.04. The van der Waals surface area contributed by atoms with Gasteiger partial charge in [0.1, 0.15) is 6.04 Å². The molecule has 3 aliphatic rings. The summed E-state index contributed by atoms with van der Waals surface area (Å²) in [5, 5.41) is 6.23. The quantitative estimate of drug-likeness (QED) is 0.0828. The fraction of sp³-hybridized carbons (Fsp3) is 0.535. The number of nitrogens with one attached hydrogen (secondary N) is 2. The molecule has 0 saturated carbocycles. The maximum Gasteiger partial charge on any atom is 0.737 e. The van der Waals surface area contributed by atoms with E-state index in [1.165, 1.54) is 4.49 Å². The lowest BCUT2D eigenvalue weighted by Crippen LogP contribution is -2.51. The number of quaternary nitrogens is 2. The predicted octanol–water partition coefficient (Wildman–Crippen LogP) is 4.49. The predicted molar refractivity (Wildman–Crippen MR) is 223 cm³/mol. The van der Waals surface area contributed by atoms with Crippen LogP contribution in [-0.4, -0.2) is 133 Å². The minimum Gasteiger partial charge on any atom is -0.394 e. The second-order valence-corrected chi connectivity index (χ2v) is 18.0. The lowest BCUT2D eigenvalue weighted by molar-refractivity contribution is -0.870. The van der Waals surface area contributed by atoms with Crippen LogP contribution in [0.15, 0.2) is 53.7 Å². The fourth-order valence-corrected chi connectivity index (χ4v) is 7.84. The summed E-state index contributed by atoms with van der Waals surface area (Å²) < 4.78 is 38.1. The summed E-state index contributed by atoms with van der Waals surface area (Å²) in [6.07, 6.45) is 7.89. The third-order valence-corrected chi connectivity index (χ3v) is 10.9. The topological polar surface area (TPSA) is 130 Å². The smallest absolute Gasteiger partial charge is 0.394 e. The molecule has 4 amide bonds. The highest BCUT2D eigenvalue weighted by atomic mass is 19.2. The maximum atomic E-state index is 17.1. The first kappa shape index (κ1) is 45.1. The van der Waals surface area contributed by atoms with Crippen LogP contribution in [0.4, 0.5) is 8.63 Å². The minimum absolute atomic E-state index is 0.0123. The Kier molecular flexibility index (Phi) is 14.5. The van der Waals surface area contributed by atoms with Crippen LogP contribution in [0.1, 0.15) is 93.1 Å². The van der Waals surface area contributed by atoms with Gasteiger partial charge in [-0.05, 0) is 81.3 Å². The molecule has 3 aliphatic heterocycles. The summed E-state index contributed by atoms with van der Waals surface area (Å²) in [4.78, 5) is 67.4. The summed E-state index contributed by atoms with van der Waals surface area (Å²) in [7, 11) is 12.6. The molecule has 1 aromatic carbocycles. The number of aromatic nitrogens is 1. The number of allylic oxidation sites excluding steroid dienone is 2. The molecule has 16 heteroatoms. The van der Waals surface area contributed by atoms with Crippen molar-refractivity contribution in [3.05, 3.63) is 76.3 Å². The molecule has 2 N–H and O–H groups in total. The average Bonchev–Trinajstić information content (AvgIpc) is 3.80.